The maximum Gasteiger partial charge on any atom is 0.162 e. The molecule has 1 aromatic carbocycles. The van der Waals surface area contributed by atoms with Gasteiger partial charge >= 0.3 is 0 Å². The summed E-state index contributed by atoms with van der Waals surface area (Å²) in [5.74, 6) is 0.364. The molecule has 0 amide bonds. The second-order valence-corrected chi connectivity index (χ2v) is 4.78. The molecule has 1 unspecified atom stereocenters. The van der Waals surface area contributed by atoms with Crippen LogP contribution in [0.1, 0.15) is 35.2 Å². The molecule has 0 radical (unpaired) electrons. The molecule has 2 rings (SSSR count). The number of carbonyl (C=O) groups is 1. The highest BCUT2D eigenvalue weighted by molar-refractivity contribution is 5.96. The van der Waals surface area contributed by atoms with Crippen molar-refractivity contribution in [2.24, 2.45) is 5.92 Å². The maximum absolute atomic E-state index is 13.3. The summed E-state index contributed by atoms with van der Waals surface area (Å²) < 4.78 is 13.3. The molecule has 1 atom stereocenters. The Balaban J connectivity index is 1.92. The van der Waals surface area contributed by atoms with Crippen molar-refractivity contribution in [1.29, 1.82) is 0 Å². The highest BCUT2D eigenvalue weighted by Crippen LogP contribution is 2.17. The molecule has 1 saturated heterocycles. The Morgan fingerprint density at radius 3 is 3.00 bits per heavy atom. The molecule has 1 N–H and O–H groups in total. The fourth-order valence-electron chi connectivity index (χ4n) is 2.21. The number of halogens is 1. The van der Waals surface area contributed by atoms with Crippen LogP contribution in [0, 0.1) is 18.7 Å². The molecular weight excluding hydrogens is 217 g/mol. The number of ketones is 1. The number of hydrogen-bond donors (Lipinski definition) is 1. The van der Waals surface area contributed by atoms with Crippen LogP contribution in [-0.2, 0) is 0 Å². The van der Waals surface area contributed by atoms with Crippen molar-refractivity contribution in [2.75, 3.05) is 13.1 Å². The normalized spacial score (nSPS) is 19.5. The Morgan fingerprint density at radius 2 is 2.35 bits per heavy atom. The molecule has 0 saturated carbocycles. The predicted molar refractivity (Wildman–Crippen MR) is 65.7 cm³/mol. The van der Waals surface area contributed by atoms with E-state index in [4.69, 9.17) is 0 Å². The summed E-state index contributed by atoms with van der Waals surface area (Å²) in [6, 6.07) is 4.73. The second kappa shape index (κ2) is 5.41. The van der Waals surface area contributed by atoms with E-state index in [1.54, 1.807) is 19.1 Å². The standard InChI is InChI=1S/C14H18FNO/c1-10-2-4-12(8-13(10)15)14(17)5-3-11-6-7-16-9-11/h2,4,8,11,16H,3,5-7,9H2,1H3. The minimum absolute atomic E-state index is 0.0517. The zero-order valence-electron chi connectivity index (χ0n) is 10.1. The molecule has 1 aliphatic heterocycles. The second-order valence-electron chi connectivity index (χ2n) is 4.78. The zero-order valence-corrected chi connectivity index (χ0v) is 10.1. The fraction of sp³-hybridized carbons (Fsp3) is 0.500. The largest absolute Gasteiger partial charge is 0.316 e. The number of benzene rings is 1. The summed E-state index contributed by atoms with van der Waals surface area (Å²) in [6.07, 6.45) is 2.58. The summed E-state index contributed by atoms with van der Waals surface area (Å²) in [4.78, 5) is 11.9. The van der Waals surface area contributed by atoms with Gasteiger partial charge in [-0.05, 0) is 50.4 Å². The van der Waals surface area contributed by atoms with Gasteiger partial charge in [0.25, 0.3) is 0 Å². The fourth-order valence-corrected chi connectivity index (χ4v) is 2.21. The third kappa shape index (κ3) is 3.13. The van der Waals surface area contributed by atoms with Crippen LogP contribution in [-0.4, -0.2) is 18.9 Å². The average Bonchev–Trinajstić information content (AvgIpc) is 2.82. The Labute approximate surface area is 101 Å². The topological polar surface area (TPSA) is 29.1 Å². The molecule has 1 aliphatic rings. The molecule has 0 spiro atoms. The van der Waals surface area contributed by atoms with Gasteiger partial charge in [0.05, 0.1) is 0 Å². The van der Waals surface area contributed by atoms with Crippen LogP contribution >= 0.6 is 0 Å². The third-order valence-electron chi connectivity index (χ3n) is 3.44. The van der Waals surface area contributed by atoms with Crippen molar-refractivity contribution >= 4 is 5.78 Å². The number of hydrogen-bond acceptors (Lipinski definition) is 2. The van der Waals surface area contributed by atoms with Gasteiger partial charge in [-0.1, -0.05) is 12.1 Å². The Hall–Kier alpha value is -1.22. The Morgan fingerprint density at radius 1 is 1.53 bits per heavy atom. The highest BCUT2D eigenvalue weighted by atomic mass is 19.1. The van der Waals surface area contributed by atoms with Gasteiger partial charge in [-0.15, -0.1) is 0 Å². The monoisotopic (exact) mass is 235 g/mol. The lowest BCUT2D eigenvalue weighted by atomic mass is 9.97. The first-order valence-electron chi connectivity index (χ1n) is 6.17. The van der Waals surface area contributed by atoms with Gasteiger partial charge in [0.15, 0.2) is 5.78 Å². The minimum Gasteiger partial charge on any atom is -0.316 e. The van der Waals surface area contributed by atoms with Crippen molar-refractivity contribution in [3.05, 3.63) is 35.1 Å². The number of nitrogens with one attached hydrogen (secondary N) is 1. The first-order valence-corrected chi connectivity index (χ1v) is 6.17. The Bertz CT molecular complexity index is 411. The van der Waals surface area contributed by atoms with Gasteiger partial charge < -0.3 is 5.32 Å². The van der Waals surface area contributed by atoms with Gasteiger partial charge in [-0.3, -0.25) is 4.79 Å². The first kappa shape index (κ1) is 12.2. The van der Waals surface area contributed by atoms with Crippen LogP contribution in [0.25, 0.3) is 0 Å². The maximum atomic E-state index is 13.3. The van der Waals surface area contributed by atoms with E-state index in [0.29, 0.717) is 23.5 Å². The van der Waals surface area contributed by atoms with E-state index in [2.05, 4.69) is 5.32 Å². The summed E-state index contributed by atoms with van der Waals surface area (Å²) in [6.45, 7) is 3.77. The van der Waals surface area contributed by atoms with E-state index >= 15 is 0 Å². The van der Waals surface area contributed by atoms with E-state index in [9.17, 15) is 9.18 Å². The molecule has 0 aromatic heterocycles. The molecule has 2 nitrogen and oxygen atoms in total. The van der Waals surface area contributed by atoms with E-state index in [0.717, 1.165) is 25.9 Å². The molecule has 1 fully saturated rings. The highest BCUT2D eigenvalue weighted by Gasteiger charge is 2.16. The molecule has 1 heterocycles. The SMILES string of the molecule is Cc1ccc(C(=O)CCC2CCNC2)cc1F. The van der Waals surface area contributed by atoms with Crippen LogP contribution < -0.4 is 5.32 Å². The molecule has 3 heteroatoms. The number of carbonyl (C=O) groups excluding carboxylic acids is 1. The van der Waals surface area contributed by atoms with Crippen molar-refractivity contribution in [2.45, 2.75) is 26.2 Å². The van der Waals surface area contributed by atoms with E-state index < -0.39 is 0 Å². The molecule has 0 bridgehead atoms. The van der Waals surface area contributed by atoms with Crippen LogP contribution in [0.4, 0.5) is 4.39 Å². The summed E-state index contributed by atoms with van der Waals surface area (Å²) in [7, 11) is 0. The smallest absolute Gasteiger partial charge is 0.162 e. The predicted octanol–water partition coefficient (Wildman–Crippen LogP) is 2.71. The van der Waals surface area contributed by atoms with Gasteiger partial charge in [-0.2, -0.15) is 0 Å². The number of rotatable bonds is 4. The van der Waals surface area contributed by atoms with E-state index in [1.165, 1.54) is 6.07 Å². The molecule has 1 aromatic rings. The van der Waals surface area contributed by atoms with Gasteiger partial charge in [0, 0.05) is 12.0 Å². The zero-order chi connectivity index (χ0) is 12.3. The van der Waals surface area contributed by atoms with Crippen LogP contribution in [0.3, 0.4) is 0 Å². The van der Waals surface area contributed by atoms with Crippen LogP contribution in [0.15, 0.2) is 18.2 Å². The van der Waals surface area contributed by atoms with Gasteiger partial charge in [0.2, 0.25) is 0 Å². The summed E-state index contributed by atoms with van der Waals surface area (Å²) in [5, 5.41) is 3.28. The number of Topliss-reactive ketones (excluding diaryl/α,β-unsaturated/α-hetero) is 1. The van der Waals surface area contributed by atoms with Crippen LogP contribution in [0.5, 0.6) is 0 Å². The van der Waals surface area contributed by atoms with Gasteiger partial charge in [0.1, 0.15) is 5.82 Å². The molecule has 0 aliphatic carbocycles. The lowest BCUT2D eigenvalue weighted by Crippen LogP contribution is -2.10. The Kier molecular flexibility index (Phi) is 3.89. The van der Waals surface area contributed by atoms with E-state index in [-0.39, 0.29) is 11.6 Å². The third-order valence-corrected chi connectivity index (χ3v) is 3.44. The quantitative estimate of drug-likeness (QED) is 0.813. The summed E-state index contributed by atoms with van der Waals surface area (Å²) in [5.41, 5.74) is 1.08. The van der Waals surface area contributed by atoms with Crippen LogP contribution in [0.2, 0.25) is 0 Å². The minimum atomic E-state index is -0.293. The van der Waals surface area contributed by atoms with Crippen molar-refractivity contribution in [3.63, 3.8) is 0 Å². The summed E-state index contributed by atoms with van der Waals surface area (Å²) >= 11 is 0. The molecule has 17 heavy (non-hydrogen) atoms. The average molecular weight is 235 g/mol. The lowest BCUT2D eigenvalue weighted by Gasteiger charge is -2.07. The molecule has 92 valence electrons. The van der Waals surface area contributed by atoms with Crippen molar-refractivity contribution in [3.8, 4) is 0 Å². The molecular formula is C14H18FNO. The number of aryl methyl sites for hydroxylation is 1. The van der Waals surface area contributed by atoms with Gasteiger partial charge in [-0.25, -0.2) is 4.39 Å². The lowest BCUT2D eigenvalue weighted by molar-refractivity contribution is 0.0974. The first-order chi connectivity index (χ1) is 8.16. The van der Waals surface area contributed by atoms with Crippen molar-refractivity contribution in [1.82, 2.24) is 5.32 Å². The van der Waals surface area contributed by atoms with Crippen molar-refractivity contribution < 1.29 is 9.18 Å². The van der Waals surface area contributed by atoms with E-state index in [1.807, 2.05) is 0 Å².